The van der Waals surface area contributed by atoms with Gasteiger partial charge < -0.3 is 8.83 Å². The van der Waals surface area contributed by atoms with Crippen LogP contribution in [0.2, 0.25) is 0 Å². The molecule has 2 nitrogen and oxygen atoms in total. The summed E-state index contributed by atoms with van der Waals surface area (Å²) in [6.45, 7) is 0. The molecule has 0 radical (unpaired) electrons. The van der Waals surface area contributed by atoms with E-state index in [-0.39, 0.29) is 0 Å². The van der Waals surface area contributed by atoms with E-state index in [1.165, 1.54) is 99.4 Å². The highest BCUT2D eigenvalue weighted by Gasteiger charge is 2.48. The van der Waals surface area contributed by atoms with E-state index in [0.29, 0.717) is 0 Å². The molecule has 13 aromatic carbocycles. The van der Waals surface area contributed by atoms with E-state index in [9.17, 15) is 0 Å². The zero-order valence-corrected chi connectivity index (χ0v) is 42.4. The summed E-state index contributed by atoms with van der Waals surface area (Å²) in [6.07, 6.45) is 0. The molecule has 0 fully saturated rings. The van der Waals surface area contributed by atoms with Crippen molar-refractivity contribution >= 4 is 65.4 Å². The molecule has 0 bridgehead atoms. The molecule has 15 aromatic rings. The standard InChI is InChI=1S/C76H46O2/c1-5-21-49(22-6-1)75(50-23-7-2-8-24-50)61-35-19-17-33-57(61)71-63(75)41-43-65-73(71)59-39-37-47(45-67(59)77-65)69-53-29-13-15-31-55(53)70(56-32-16-14-30-54(56)69)48-38-40-60-68(46-48)78-66-44-42-64-72(74(60)66)58-34-18-20-36-62(58)76(64,51-25-9-3-10-26-51)52-27-11-4-12-28-52/h1-46H. The van der Waals surface area contributed by atoms with Crippen LogP contribution in [-0.4, -0.2) is 0 Å². The Morgan fingerprint density at radius 1 is 0.218 bits per heavy atom. The van der Waals surface area contributed by atoms with E-state index in [0.717, 1.165) is 55.0 Å². The third-order valence-electron chi connectivity index (χ3n) is 17.6. The van der Waals surface area contributed by atoms with E-state index < -0.39 is 10.8 Å². The van der Waals surface area contributed by atoms with Crippen molar-refractivity contribution in [1.29, 1.82) is 0 Å². The van der Waals surface area contributed by atoms with Crippen LogP contribution in [0.1, 0.15) is 44.5 Å². The van der Waals surface area contributed by atoms with Gasteiger partial charge in [-0.1, -0.05) is 243 Å². The summed E-state index contributed by atoms with van der Waals surface area (Å²) in [4.78, 5) is 0. The number of rotatable bonds is 6. The lowest BCUT2D eigenvalue weighted by Crippen LogP contribution is -2.28. The summed E-state index contributed by atoms with van der Waals surface area (Å²) in [5.41, 5.74) is 22.2. The Kier molecular flexibility index (Phi) is 9.01. The van der Waals surface area contributed by atoms with Gasteiger partial charge in [0.15, 0.2) is 0 Å². The molecule has 0 aliphatic heterocycles. The number of hydrogen-bond donors (Lipinski definition) is 0. The van der Waals surface area contributed by atoms with Gasteiger partial charge >= 0.3 is 0 Å². The van der Waals surface area contributed by atoms with Gasteiger partial charge in [0.05, 0.1) is 10.8 Å². The molecule has 2 aliphatic carbocycles. The van der Waals surface area contributed by atoms with E-state index in [1.807, 2.05) is 0 Å². The molecule has 2 aromatic heterocycles. The molecule has 0 saturated heterocycles. The second-order valence-corrected chi connectivity index (χ2v) is 21.2. The van der Waals surface area contributed by atoms with Crippen molar-refractivity contribution in [2.24, 2.45) is 0 Å². The van der Waals surface area contributed by atoms with Gasteiger partial charge in [0.1, 0.15) is 22.3 Å². The van der Waals surface area contributed by atoms with Gasteiger partial charge in [-0.05, 0) is 147 Å². The second kappa shape index (κ2) is 16.2. The topological polar surface area (TPSA) is 26.3 Å². The van der Waals surface area contributed by atoms with Gasteiger partial charge in [-0.15, -0.1) is 0 Å². The van der Waals surface area contributed by atoms with Crippen molar-refractivity contribution in [3.8, 4) is 44.5 Å². The average molecular weight is 991 g/mol. The Labute approximate surface area is 450 Å². The molecule has 0 N–H and O–H groups in total. The third kappa shape index (κ3) is 5.65. The Bertz CT molecular complexity index is 4500. The molecule has 362 valence electrons. The summed E-state index contributed by atoms with van der Waals surface area (Å²) in [5.74, 6) is 0. The fourth-order valence-corrected chi connectivity index (χ4v) is 14.7. The van der Waals surface area contributed by atoms with Crippen molar-refractivity contribution in [3.63, 3.8) is 0 Å². The van der Waals surface area contributed by atoms with Crippen LogP contribution in [0, 0.1) is 0 Å². The van der Waals surface area contributed by atoms with Gasteiger partial charge in [-0.3, -0.25) is 0 Å². The van der Waals surface area contributed by atoms with Crippen LogP contribution in [0.4, 0.5) is 0 Å². The highest BCUT2D eigenvalue weighted by Crippen LogP contribution is 2.61. The minimum atomic E-state index is -0.495. The van der Waals surface area contributed by atoms with Crippen LogP contribution in [0.5, 0.6) is 0 Å². The molecule has 0 spiro atoms. The molecular weight excluding hydrogens is 945 g/mol. The Hall–Kier alpha value is -10.0. The lowest BCUT2D eigenvalue weighted by Gasteiger charge is -2.33. The van der Waals surface area contributed by atoms with Crippen LogP contribution in [0.25, 0.3) is 110 Å². The minimum absolute atomic E-state index is 0.495. The Morgan fingerprint density at radius 2 is 0.538 bits per heavy atom. The second-order valence-electron chi connectivity index (χ2n) is 21.2. The van der Waals surface area contributed by atoms with Gasteiger partial charge in [0.25, 0.3) is 0 Å². The van der Waals surface area contributed by atoms with E-state index in [1.54, 1.807) is 0 Å². The van der Waals surface area contributed by atoms with Crippen LogP contribution < -0.4 is 0 Å². The van der Waals surface area contributed by atoms with E-state index in [4.69, 9.17) is 8.83 Å². The predicted molar refractivity (Wildman–Crippen MR) is 321 cm³/mol. The third-order valence-corrected chi connectivity index (χ3v) is 17.6. The average Bonchev–Trinajstić information content (AvgIpc) is 4.25. The molecule has 0 amide bonds. The zero-order chi connectivity index (χ0) is 51.1. The minimum Gasteiger partial charge on any atom is -0.456 e. The Morgan fingerprint density at radius 3 is 0.897 bits per heavy atom. The molecule has 78 heavy (non-hydrogen) atoms. The first-order valence-corrected chi connectivity index (χ1v) is 27.1. The van der Waals surface area contributed by atoms with Crippen molar-refractivity contribution in [2.45, 2.75) is 10.8 Å². The first-order chi connectivity index (χ1) is 38.7. The molecular formula is C76H46O2. The SMILES string of the molecule is c1ccc(C2(c3ccccc3)c3ccccc3-c3c2ccc2oc4cc(-c5c6ccccc6c(-c6ccc7c(c6)oc6ccc8c(c67)-c6ccccc6C8(c6ccccc6)c6ccccc6)c6ccccc56)ccc4c32)cc1. The maximum absolute atomic E-state index is 7.01. The number of hydrogen-bond acceptors (Lipinski definition) is 2. The first kappa shape index (κ1) is 43.2. The van der Waals surface area contributed by atoms with Gasteiger partial charge in [0.2, 0.25) is 0 Å². The highest BCUT2D eigenvalue weighted by atomic mass is 16.3. The summed E-state index contributed by atoms with van der Waals surface area (Å²) < 4.78 is 14.0. The van der Waals surface area contributed by atoms with Gasteiger partial charge in [0, 0.05) is 21.5 Å². The maximum Gasteiger partial charge on any atom is 0.136 e. The lowest BCUT2D eigenvalue weighted by molar-refractivity contribution is 0.668. The fourth-order valence-electron chi connectivity index (χ4n) is 14.7. The quantitative estimate of drug-likeness (QED) is 0.155. The summed E-state index contributed by atoms with van der Waals surface area (Å²) in [7, 11) is 0. The van der Waals surface area contributed by atoms with Gasteiger partial charge in [-0.2, -0.15) is 0 Å². The fraction of sp³-hybridized carbons (Fsp3) is 0.0263. The monoisotopic (exact) mass is 990 g/mol. The molecule has 0 atom stereocenters. The number of furan rings is 2. The van der Waals surface area contributed by atoms with E-state index >= 15 is 0 Å². The normalized spacial score (nSPS) is 13.8. The molecule has 2 aliphatic rings. The van der Waals surface area contributed by atoms with E-state index in [2.05, 4.69) is 279 Å². The van der Waals surface area contributed by atoms with Crippen LogP contribution in [0.3, 0.4) is 0 Å². The molecule has 2 heterocycles. The molecule has 17 rings (SSSR count). The zero-order valence-electron chi connectivity index (χ0n) is 42.4. The number of fused-ring (bicyclic) bond motifs is 16. The van der Waals surface area contributed by atoms with Crippen molar-refractivity contribution in [1.82, 2.24) is 0 Å². The number of benzene rings is 13. The summed E-state index contributed by atoms with van der Waals surface area (Å²) >= 11 is 0. The van der Waals surface area contributed by atoms with Crippen LogP contribution >= 0.6 is 0 Å². The highest BCUT2D eigenvalue weighted by molar-refractivity contribution is 6.24. The molecule has 0 unspecified atom stereocenters. The lowest BCUT2D eigenvalue weighted by atomic mass is 9.67. The summed E-state index contributed by atoms with van der Waals surface area (Å²) in [5, 5.41) is 9.27. The molecule has 2 heteroatoms. The van der Waals surface area contributed by atoms with Crippen molar-refractivity contribution < 1.29 is 8.83 Å². The van der Waals surface area contributed by atoms with Crippen LogP contribution in [0.15, 0.2) is 288 Å². The van der Waals surface area contributed by atoms with Crippen molar-refractivity contribution in [3.05, 3.63) is 324 Å². The Balaban J connectivity index is 0.846. The van der Waals surface area contributed by atoms with Crippen LogP contribution in [-0.2, 0) is 10.8 Å². The summed E-state index contributed by atoms with van der Waals surface area (Å²) in [6, 6.07) is 103. The maximum atomic E-state index is 7.01. The largest absolute Gasteiger partial charge is 0.456 e. The van der Waals surface area contributed by atoms with Crippen molar-refractivity contribution in [2.75, 3.05) is 0 Å². The first-order valence-electron chi connectivity index (χ1n) is 27.1. The predicted octanol–water partition coefficient (Wildman–Crippen LogP) is 19.9. The smallest absolute Gasteiger partial charge is 0.136 e. The molecule has 0 saturated carbocycles. The van der Waals surface area contributed by atoms with Gasteiger partial charge in [-0.25, -0.2) is 0 Å².